The zero-order chi connectivity index (χ0) is 19.1. The Morgan fingerprint density at radius 1 is 1.19 bits per heavy atom. The molecular weight excluding hydrogens is 356 g/mol. The van der Waals surface area contributed by atoms with Gasteiger partial charge in [0.25, 0.3) is 0 Å². The summed E-state index contributed by atoms with van der Waals surface area (Å²) in [6.45, 7) is 6.48. The van der Waals surface area contributed by atoms with Gasteiger partial charge < -0.3 is 4.74 Å². The molecular formula is C21H20N4OS. The van der Waals surface area contributed by atoms with Gasteiger partial charge in [-0.25, -0.2) is 0 Å². The van der Waals surface area contributed by atoms with E-state index in [4.69, 9.17) is 10.00 Å². The van der Waals surface area contributed by atoms with Crippen molar-refractivity contribution in [3.05, 3.63) is 73.1 Å². The minimum absolute atomic E-state index is 0.203. The van der Waals surface area contributed by atoms with E-state index in [0.29, 0.717) is 17.5 Å². The van der Waals surface area contributed by atoms with Crippen LogP contribution >= 0.6 is 11.8 Å². The number of hydrogen-bond acceptors (Lipinski definition) is 5. The molecule has 3 rings (SSSR count). The topological polar surface area (TPSA) is 63.7 Å². The van der Waals surface area contributed by atoms with Crippen LogP contribution in [0.2, 0.25) is 0 Å². The molecule has 2 aromatic carbocycles. The summed E-state index contributed by atoms with van der Waals surface area (Å²) in [6, 6.07) is 20.2. The molecule has 5 nitrogen and oxygen atoms in total. The Labute approximate surface area is 163 Å². The van der Waals surface area contributed by atoms with Crippen LogP contribution in [0.5, 0.6) is 5.75 Å². The fourth-order valence-electron chi connectivity index (χ4n) is 2.60. The lowest BCUT2D eigenvalue weighted by atomic mass is 10.1. The van der Waals surface area contributed by atoms with Gasteiger partial charge in [0, 0.05) is 12.1 Å². The second-order valence-corrected chi connectivity index (χ2v) is 7.15. The van der Waals surface area contributed by atoms with Crippen molar-refractivity contribution in [2.24, 2.45) is 0 Å². The smallest absolute Gasteiger partial charge is 0.192 e. The highest BCUT2D eigenvalue weighted by Crippen LogP contribution is 2.30. The van der Waals surface area contributed by atoms with Gasteiger partial charge in [0.05, 0.1) is 11.3 Å². The Morgan fingerprint density at radius 3 is 2.67 bits per heavy atom. The van der Waals surface area contributed by atoms with Gasteiger partial charge in [0.2, 0.25) is 0 Å². The zero-order valence-corrected chi connectivity index (χ0v) is 15.9. The van der Waals surface area contributed by atoms with Gasteiger partial charge in [-0.15, -0.1) is 16.8 Å². The molecule has 1 aromatic heterocycles. The number of nitriles is 1. The zero-order valence-electron chi connectivity index (χ0n) is 15.1. The monoisotopic (exact) mass is 376 g/mol. The molecule has 0 bridgehead atoms. The number of nitrogens with zero attached hydrogens (tertiary/aromatic N) is 4. The van der Waals surface area contributed by atoms with Crippen molar-refractivity contribution >= 4 is 11.8 Å². The molecule has 136 valence electrons. The highest BCUT2D eigenvalue weighted by Gasteiger charge is 2.15. The van der Waals surface area contributed by atoms with E-state index in [2.05, 4.69) is 35.0 Å². The Hall–Kier alpha value is -3.04. The molecule has 0 saturated carbocycles. The first kappa shape index (κ1) is 18.7. The molecule has 0 aliphatic rings. The second-order valence-electron chi connectivity index (χ2n) is 5.84. The lowest BCUT2D eigenvalue weighted by Gasteiger charge is -2.12. The van der Waals surface area contributed by atoms with Crippen LogP contribution in [0.15, 0.2) is 72.4 Å². The van der Waals surface area contributed by atoms with Crippen LogP contribution in [0, 0.1) is 11.3 Å². The van der Waals surface area contributed by atoms with E-state index >= 15 is 0 Å². The SMILES string of the molecule is C=CCn1c(COc2ccccc2-c2ccccc2)nnc1S[C@@H](C)C#N. The molecule has 6 heteroatoms. The molecule has 0 radical (unpaired) electrons. The second kappa shape index (κ2) is 9.06. The van der Waals surface area contributed by atoms with Gasteiger partial charge in [-0.1, -0.05) is 66.4 Å². The quantitative estimate of drug-likeness (QED) is 0.421. The molecule has 0 fully saturated rings. The summed E-state index contributed by atoms with van der Waals surface area (Å²) >= 11 is 1.38. The average molecular weight is 376 g/mol. The summed E-state index contributed by atoms with van der Waals surface area (Å²) < 4.78 is 8.00. The van der Waals surface area contributed by atoms with Gasteiger partial charge >= 0.3 is 0 Å². The van der Waals surface area contributed by atoms with Gasteiger partial charge in [0.1, 0.15) is 12.4 Å². The lowest BCUT2D eigenvalue weighted by molar-refractivity contribution is 0.290. The highest BCUT2D eigenvalue weighted by atomic mass is 32.2. The van der Waals surface area contributed by atoms with Crippen molar-refractivity contribution in [1.82, 2.24) is 14.8 Å². The number of aromatic nitrogens is 3. The average Bonchev–Trinajstić information content (AvgIpc) is 3.09. The van der Waals surface area contributed by atoms with E-state index < -0.39 is 0 Å². The number of benzene rings is 2. The maximum atomic E-state index is 9.04. The van der Waals surface area contributed by atoms with Crippen LogP contribution in [0.25, 0.3) is 11.1 Å². The van der Waals surface area contributed by atoms with Crippen LogP contribution in [-0.2, 0) is 13.2 Å². The fraction of sp³-hybridized carbons (Fsp3) is 0.190. The summed E-state index contributed by atoms with van der Waals surface area (Å²) in [5.41, 5.74) is 2.13. The van der Waals surface area contributed by atoms with Crippen molar-refractivity contribution in [1.29, 1.82) is 5.26 Å². The minimum Gasteiger partial charge on any atom is -0.485 e. The fourth-order valence-corrected chi connectivity index (χ4v) is 3.36. The van der Waals surface area contributed by atoms with Crippen LogP contribution in [0.4, 0.5) is 0 Å². The van der Waals surface area contributed by atoms with Crippen molar-refractivity contribution < 1.29 is 4.74 Å². The van der Waals surface area contributed by atoms with Gasteiger partial charge in [-0.3, -0.25) is 4.57 Å². The molecule has 0 amide bonds. The molecule has 1 heterocycles. The first-order valence-corrected chi connectivity index (χ1v) is 9.47. The summed E-state index contributed by atoms with van der Waals surface area (Å²) in [6.07, 6.45) is 1.78. The molecule has 0 aliphatic carbocycles. The molecule has 1 atom stereocenters. The highest BCUT2D eigenvalue weighted by molar-refractivity contribution is 8.00. The minimum atomic E-state index is -0.203. The standard InChI is InChI=1S/C21H20N4OS/c1-3-13-25-20(23-24-21(25)27-16(2)14-22)15-26-19-12-8-7-11-18(19)17-9-5-4-6-10-17/h3-12,16H,1,13,15H2,2H3/t16-/m0/s1. The van der Waals surface area contributed by atoms with Gasteiger partial charge in [-0.05, 0) is 18.6 Å². The summed E-state index contributed by atoms with van der Waals surface area (Å²) in [5.74, 6) is 1.49. The van der Waals surface area contributed by atoms with Crippen LogP contribution in [0.1, 0.15) is 12.7 Å². The van der Waals surface area contributed by atoms with E-state index in [1.54, 1.807) is 6.08 Å². The Morgan fingerprint density at radius 2 is 1.93 bits per heavy atom. The molecule has 0 aliphatic heterocycles. The Kier molecular flexibility index (Phi) is 6.29. The van der Waals surface area contributed by atoms with Crippen LogP contribution < -0.4 is 4.74 Å². The van der Waals surface area contributed by atoms with E-state index in [9.17, 15) is 0 Å². The van der Waals surface area contributed by atoms with E-state index in [1.165, 1.54) is 11.8 Å². The van der Waals surface area contributed by atoms with Crippen molar-refractivity contribution in [2.45, 2.75) is 30.5 Å². The number of ether oxygens (including phenoxy) is 1. The molecule has 0 N–H and O–H groups in total. The lowest BCUT2D eigenvalue weighted by Crippen LogP contribution is -2.08. The summed E-state index contributed by atoms with van der Waals surface area (Å²) in [4.78, 5) is 0. The molecule has 0 saturated heterocycles. The van der Waals surface area contributed by atoms with Crippen LogP contribution in [0.3, 0.4) is 0 Å². The third kappa shape index (κ3) is 4.57. The normalized spacial score (nSPS) is 11.6. The maximum Gasteiger partial charge on any atom is 0.192 e. The number of rotatable bonds is 8. The molecule has 0 spiro atoms. The predicted octanol–water partition coefficient (Wildman–Crippen LogP) is 4.71. The molecule has 0 unspecified atom stereocenters. The first-order chi connectivity index (χ1) is 13.2. The van der Waals surface area contributed by atoms with E-state index in [1.807, 2.05) is 54.0 Å². The number of thioether (sulfide) groups is 1. The third-order valence-corrected chi connectivity index (χ3v) is 4.87. The summed E-state index contributed by atoms with van der Waals surface area (Å²) in [7, 11) is 0. The van der Waals surface area contributed by atoms with Gasteiger partial charge in [0.15, 0.2) is 11.0 Å². The number of allylic oxidation sites excluding steroid dienone is 1. The van der Waals surface area contributed by atoms with Crippen molar-refractivity contribution in [3.8, 4) is 22.9 Å². The van der Waals surface area contributed by atoms with Gasteiger partial charge in [-0.2, -0.15) is 5.26 Å². The third-order valence-electron chi connectivity index (χ3n) is 3.90. The maximum absolute atomic E-state index is 9.04. The van der Waals surface area contributed by atoms with Crippen molar-refractivity contribution in [2.75, 3.05) is 0 Å². The summed E-state index contributed by atoms with van der Waals surface area (Å²) in [5, 5.41) is 18.0. The van der Waals surface area contributed by atoms with E-state index in [0.717, 1.165) is 16.9 Å². The molecule has 3 aromatic rings. The molecule has 27 heavy (non-hydrogen) atoms. The number of hydrogen-bond donors (Lipinski definition) is 0. The number of para-hydroxylation sites is 1. The first-order valence-electron chi connectivity index (χ1n) is 8.59. The Bertz CT molecular complexity index is 946. The van der Waals surface area contributed by atoms with E-state index in [-0.39, 0.29) is 11.9 Å². The largest absolute Gasteiger partial charge is 0.485 e. The van der Waals surface area contributed by atoms with Crippen molar-refractivity contribution in [3.63, 3.8) is 0 Å². The predicted molar refractivity (Wildman–Crippen MR) is 107 cm³/mol. The van der Waals surface area contributed by atoms with Crippen LogP contribution in [-0.4, -0.2) is 20.0 Å². The Balaban J connectivity index is 1.82.